The van der Waals surface area contributed by atoms with Crippen LogP contribution in [0.4, 0.5) is 0 Å². The maximum absolute atomic E-state index is 12.8. The van der Waals surface area contributed by atoms with E-state index >= 15 is 0 Å². The van der Waals surface area contributed by atoms with E-state index in [-0.39, 0.29) is 5.91 Å². The Morgan fingerprint density at radius 2 is 1.73 bits per heavy atom. The smallest absolute Gasteiger partial charge is 0.263 e. The zero-order valence-corrected chi connectivity index (χ0v) is 16.9. The lowest BCUT2D eigenvalue weighted by Crippen LogP contribution is -2.31. The summed E-state index contributed by atoms with van der Waals surface area (Å²) < 4.78 is 16.4. The maximum atomic E-state index is 12.8. The van der Waals surface area contributed by atoms with Crippen LogP contribution in [0.5, 0.6) is 17.2 Å². The molecule has 0 radical (unpaired) electrons. The van der Waals surface area contributed by atoms with Crippen LogP contribution in [0.25, 0.3) is 10.4 Å². The Hall–Kier alpha value is -2.21. The number of ether oxygens (including phenoxy) is 3. The van der Waals surface area contributed by atoms with Crippen LogP contribution in [0, 0.1) is 0 Å². The predicted octanol–water partition coefficient (Wildman–Crippen LogP) is 4.70. The molecule has 26 heavy (non-hydrogen) atoms. The van der Waals surface area contributed by atoms with Gasteiger partial charge in [0.15, 0.2) is 11.5 Å². The molecule has 1 aromatic heterocycles. The van der Waals surface area contributed by atoms with Gasteiger partial charge in [0, 0.05) is 23.5 Å². The molecule has 6 heteroatoms. The number of thiophene rings is 1. The van der Waals surface area contributed by atoms with Crippen molar-refractivity contribution in [3.8, 4) is 27.7 Å². The van der Waals surface area contributed by atoms with Gasteiger partial charge in [-0.05, 0) is 37.6 Å². The maximum Gasteiger partial charge on any atom is 0.263 e. The highest BCUT2D eigenvalue weighted by Crippen LogP contribution is 2.45. The van der Waals surface area contributed by atoms with Crippen molar-refractivity contribution in [3.05, 3.63) is 29.1 Å². The van der Waals surface area contributed by atoms with Crippen molar-refractivity contribution in [2.45, 2.75) is 26.7 Å². The van der Waals surface area contributed by atoms with Crippen molar-refractivity contribution in [3.63, 3.8) is 0 Å². The lowest BCUT2D eigenvalue weighted by atomic mass is 10.1. The van der Waals surface area contributed by atoms with E-state index in [1.54, 1.807) is 21.3 Å². The van der Waals surface area contributed by atoms with Crippen molar-refractivity contribution in [2.24, 2.45) is 0 Å². The van der Waals surface area contributed by atoms with E-state index in [2.05, 4.69) is 6.92 Å². The van der Waals surface area contributed by atoms with E-state index in [0.717, 1.165) is 34.7 Å². The summed E-state index contributed by atoms with van der Waals surface area (Å²) in [5.74, 6) is 1.84. The summed E-state index contributed by atoms with van der Waals surface area (Å²) in [6.07, 6.45) is 2.09. The third kappa shape index (κ3) is 4.12. The number of unbranched alkanes of at least 4 members (excludes halogenated alkanes) is 1. The molecule has 0 aliphatic carbocycles. The molecule has 0 spiro atoms. The van der Waals surface area contributed by atoms with Gasteiger partial charge in [0.2, 0.25) is 5.75 Å². The molecule has 0 aliphatic rings. The van der Waals surface area contributed by atoms with Crippen molar-refractivity contribution in [1.29, 1.82) is 0 Å². The highest BCUT2D eigenvalue weighted by Gasteiger charge is 2.21. The molecule has 1 heterocycles. The molecule has 2 rings (SSSR count). The summed E-state index contributed by atoms with van der Waals surface area (Å²) in [6, 6.07) is 7.61. The molecular formula is C20H27NO4S. The minimum absolute atomic E-state index is 0.0802. The average molecular weight is 378 g/mol. The number of nitrogens with zero attached hydrogens (tertiary/aromatic N) is 1. The summed E-state index contributed by atoms with van der Waals surface area (Å²) in [6.45, 7) is 5.65. The monoisotopic (exact) mass is 377 g/mol. The van der Waals surface area contributed by atoms with Gasteiger partial charge in [0.1, 0.15) is 0 Å². The second-order valence-electron chi connectivity index (χ2n) is 5.78. The first-order valence-corrected chi connectivity index (χ1v) is 9.61. The highest BCUT2D eigenvalue weighted by molar-refractivity contribution is 7.17. The fourth-order valence-corrected chi connectivity index (χ4v) is 3.80. The van der Waals surface area contributed by atoms with Gasteiger partial charge in [-0.2, -0.15) is 0 Å². The normalized spacial score (nSPS) is 10.5. The van der Waals surface area contributed by atoms with Crippen molar-refractivity contribution in [2.75, 3.05) is 34.4 Å². The van der Waals surface area contributed by atoms with Crippen LogP contribution in [0.2, 0.25) is 0 Å². The van der Waals surface area contributed by atoms with Crippen LogP contribution in [-0.2, 0) is 0 Å². The van der Waals surface area contributed by atoms with Gasteiger partial charge in [0.05, 0.1) is 26.2 Å². The van der Waals surface area contributed by atoms with E-state index in [1.807, 2.05) is 36.1 Å². The number of carbonyl (C=O) groups excluding carboxylic acids is 1. The van der Waals surface area contributed by atoms with E-state index in [9.17, 15) is 4.79 Å². The number of hydrogen-bond donors (Lipinski definition) is 0. The zero-order valence-electron chi connectivity index (χ0n) is 16.1. The fourth-order valence-electron chi connectivity index (χ4n) is 2.80. The number of rotatable bonds is 9. The van der Waals surface area contributed by atoms with Crippen LogP contribution in [-0.4, -0.2) is 45.2 Å². The largest absolute Gasteiger partial charge is 0.493 e. The van der Waals surface area contributed by atoms with Gasteiger partial charge in [-0.15, -0.1) is 11.3 Å². The van der Waals surface area contributed by atoms with Crippen LogP contribution >= 0.6 is 11.3 Å². The highest BCUT2D eigenvalue weighted by atomic mass is 32.1. The van der Waals surface area contributed by atoms with E-state index in [0.29, 0.717) is 23.8 Å². The SMILES string of the molecule is CCCCN(CC)C(=O)c1ccc(-c2ccc(OC)c(OC)c2OC)s1. The van der Waals surface area contributed by atoms with Crippen molar-refractivity contribution in [1.82, 2.24) is 4.90 Å². The Morgan fingerprint density at radius 1 is 1.00 bits per heavy atom. The average Bonchev–Trinajstić information content (AvgIpc) is 3.16. The third-order valence-corrected chi connectivity index (χ3v) is 5.34. The Bertz CT molecular complexity index is 741. The van der Waals surface area contributed by atoms with Gasteiger partial charge in [0.25, 0.3) is 5.91 Å². The molecule has 0 N–H and O–H groups in total. The molecule has 0 unspecified atom stereocenters. The Balaban J connectivity index is 2.36. The van der Waals surface area contributed by atoms with Crippen LogP contribution in [0.1, 0.15) is 36.4 Å². The molecule has 0 bridgehead atoms. The molecule has 0 saturated carbocycles. The van der Waals surface area contributed by atoms with Gasteiger partial charge >= 0.3 is 0 Å². The molecule has 5 nitrogen and oxygen atoms in total. The molecule has 0 atom stereocenters. The Labute approximate surface area is 159 Å². The zero-order chi connectivity index (χ0) is 19.1. The van der Waals surface area contributed by atoms with Crippen LogP contribution < -0.4 is 14.2 Å². The molecule has 142 valence electrons. The molecule has 0 fully saturated rings. The number of benzene rings is 1. The summed E-state index contributed by atoms with van der Waals surface area (Å²) >= 11 is 1.47. The minimum atomic E-state index is 0.0802. The lowest BCUT2D eigenvalue weighted by molar-refractivity contribution is 0.0767. The van der Waals surface area contributed by atoms with Gasteiger partial charge in [-0.3, -0.25) is 4.79 Å². The molecule has 1 aromatic carbocycles. The number of carbonyl (C=O) groups is 1. The fraction of sp³-hybridized carbons (Fsp3) is 0.450. The van der Waals surface area contributed by atoms with Crippen molar-refractivity contribution >= 4 is 17.2 Å². The molecule has 1 amide bonds. The van der Waals surface area contributed by atoms with Gasteiger partial charge < -0.3 is 19.1 Å². The van der Waals surface area contributed by atoms with E-state index in [1.165, 1.54) is 11.3 Å². The Morgan fingerprint density at radius 3 is 2.31 bits per heavy atom. The predicted molar refractivity (Wildman–Crippen MR) is 106 cm³/mol. The minimum Gasteiger partial charge on any atom is -0.493 e. The second kappa shape index (κ2) is 9.48. The third-order valence-electron chi connectivity index (χ3n) is 4.24. The molecule has 2 aromatic rings. The first kappa shape index (κ1) is 20.1. The topological polar surface area (TPSA) is 48.0 Å². The molecule has 0 saturated heterocycles. The quantitative estimate of drug-likeness (QED) is 0.635. The summed E-state index contributed by atoms with van der Waals surface area (Å²) in [5, 5.41) is 0. The van der Waals surface area contributed by atoms with Gasteiger partial charge in [-0.1, -0.05) is 13.3 Å². The van der Waals surface area contributed by atoms with Crippen LogP contribution in [0.3, 0.4) is 0 Å². The molecule has 0 aliphatic heterocycles. The van der Waals surface area contributed by atoms with Crippen molar-refractivity contribution < 1.29 is 19.0 Å². The standard InChI is InChI=1S/C20H27NO4S/c1-6-8-13-21(7-2)20(22)17-12-11-16(26-17)14-9-10-15(23-3)19(25-5)18(14)24-4/h9-12H,6-8,13H2,1-5H3. The Kier molecular flexibility index (Phi) is 7.33. The van der Waals surface area contributed by atoms with Crippen LogP contribution in [0.15, 0.2) is 24.3 Å². The summed E-state index contributed by atoms with van der Waals surface area (Å²) in [7, 11) is 4.78. The summed E-state index contributed by atoms with van der Waals surface area (Å²) in [4.78, 5) is 16.3. The first-order chi connectivity index (χ1) is 12.6. The second-order valence-corrected chi connectivity index (χ2v) is 6.87. The first-order valence-electron chi connectivity index (χ1n) is 8.79. The summed E-state index contributed by atoms with van der Waals surface area (Å²) in [5.41, 5.74) is 0.880. The van der Waals surface area contributed by atoms with E-state index < -0.39 is 0 Å². The van der Waals surface area contributed by atoms with Gasteiger partial charge in [-0.25, -0.2) is 0 Å². The lowest BCUT2D eigenvalue weighted by Gasteiger charge is -2.19. The number of amides is 1. The molecular weight excluding hydrogens is 350 g/mol. The number of hydrogen-bond acceptors (Lipinski definition) is 5. The van der Waals surface area contributed by atoms with E-state index in [4.69, 9.17) is 14.2 Å². The number of methoxy groups -OCH3 is 3.